The van der Waals surface area contributed by atoms with Crippen LogP contribution < -0.4 is 15.5 Å². The molecular formula is C16H23N3O2. The molecule has 1 unspecified atom stereocenters. The number of hydrogen-bond donors (Lipinski definition) is 2. The summed E-state index contributed by atoms with van der Waals surface area (Å²) < 4.78 is 0. The molecular weight excluding hydrogens is 266 g/mol. The first-order valence-corrected chi connectivity index (χ1v) is 7.26. The molecule has 5 nitrogen and oxygen atoms in total. The van der Waals surface area contributed by atoms with E-state index in [0.717, 1.165) is 12.1 Å². The van der Waals surface area contributed by atoms with Crippen molar-refractivity contribution in [3.63, 3.8) is 0 Å². The lowest BCUT2D eigenvalue weighted by atomic mass is 10.1. The van der Waals surface area contributed by atoms with E-state index < -0.39 is 6.04 Å². The third-order valence-electron chi connectivity index (χ3n) is 3.36. The Morgan fingerprint density at radius 2 is 1.90 bits per heavy atom. The first kappa shape index (κ1) is 15.4. The van der Waals surface area contributed by atoms with Crippen LogP contribution in [-0.2, 0) is 11.2 Å². The molecule has 1 heterocycles. The van der Waals surface area contributed by atoms with Crippen molar-refractivity contribution in [1.29, 1.82) is 0 Å². The van der Waals surface area contributed by atoms with Gasteiger partial charge in [-0.1, -0.05) is 18.2 Å². The summed E-state index contributed by atoms with van der Waals surface area (Å²) >= 11 is 0. The molecule has 0 saturated carbocycles. The van der Waals surface area contributed by atoms with E-state index in [2.05, 4.69) is 10.6 Å². The number of nitrogens with one attached hydrogen (secondary N) is 2. The van der Waals surface area contributed by atoms with Crippen LogP contribution in [0.2, 0.25) is 0 Å². The standard InChI is InChI=1S/C16H23N3O2/c1-11(17-15(21)18-16(2,3)4)14(20)19-10-9-12-7-5-6-8-13(12)19/h5-8,11H,9-10H2,1-4H3,(H2,17,18,21). The third kappa shape index (κ3) is 3.74. The van der Waals surface area contributed by atoms with Crippen molar-refractivity contribution in [2.75, 3.05) is 11.4 Å². The first-order chi connectivity index (χ1) is 9.78. The van der Waals surface area contributed by atoms with Gasteiger partial charge in [0.05, 0.1) is 0 Å². The number of nitrogens with zero attached hydrogens (tertiary/aromatic N) is 1. The largest absolute Gasteiger partial charge is 0.334 e. The molecule has 2 N–H and O–H groups in total. The second-order valence-corrected chi connectivity index (χ2v) is 6.44. The van der Waals surface area contributed by atoms with Gasteiger partial charge in [0.25, 0.3) is 0 Å². The summed E-state index contributed by atoms with van der Waals surface area (Å²) in [5, 5.41) is 5.50. The molecule has 2 rings (SSSR count). The number of benzene rings is 1. The summed E-state index contributed by atoms with van der Waals surface area (Å²) in [7, 11) is 0. The molecule has 114 valence electrons. The van der Waals surface area contributed by atoms with E-state index in [1.807, 2.05) is 45.0 Å². The Balaban J connectivity index is 1.99. The first-order valence-electron chi connectivity index (χ1n) is 7.26. The van der Waals surface area contributed by atoms with Crippen molar-refractivity contribution in [2.24, 2.45) is 0 Å². The molecule has 0 fully saturated rings. The van der Waals surface area contributed by atoms with Crippen LogP contribution in [0.4, 0.5) is 10.5 Å². The van der Waals surface area contributed by atoms with E-state index in [0.29, 0.717) is 6.54 Å². The van der Waals surface area contributed by atoms with E-state index >= 15 is 0 Å². The molecule has 1 aliphatic heterocycles. The molecule has 3 amide bonds. The summed E-state index contributed by atoms with van der Waals surface area (Å²) in [4.78, 5) is 26.1. The van der Waals surface area contributed by atoms with Crippen LogP contribution in [0.15, 0.2) is 24.3 Å². The number of anilines is 1. The molecule has 5 heteroatoms. The highest BCUT2D eigenvalue weighted by Gasteiger charge is 2.28. The zero-order valence-electron chi connectivity index (χ0n) is 13.1. The summed E-state index contributed by atoms with van der Waals surface area (Å²) in [6.07, 6.45) is 0.864. The van der Waals surface area contributed by atoms with Crippen LogP contribution in [0.3, 0.4) is 0 Å². The van der Waals surface area contributed by atoms with Crippen LogP contribution in [0, 0.1) is 0 Å². The Morgan fingerprint density at radius 1 is 1.24 bits per heavy atom. The number of amides is 3. The van der Waals surface area contributed by atoms with E-state index in [-0.39, 0.29) is 17.5 Å². The normalized spacial score (nSPS) is 15.3. The van der Waals surface area contributed by atoms with Gasteiger partial charge in [-0.05, 0) is 45.7 Å². The number of hydrogen-bond acceptors (Lipinski definition) is 2. The minimum atomic E-state index is -0.557. The summed E-state index contributed by atoms with van der Waals surface area (Å²) in [6, 6.07) is 7.00. The van der Waals surface area contributed by atoms with Crippen molar-refractivity contribution in [1.82, 2.24) is 10.6 Å². The summed E-state index contributed by atoms with van der Waals surface area (Å²) in [6.45, 7) is 8.08. The van der Waals surface area contributed by atoms with Gasteiger partial charge >= 0.3 is 6.03 Å². The van der Waals surface area contributed by atoms with Gasteiger partial charge in [0, 0.05) is 17.8 Å². The molecule has 21 heavy (non-hydrogen) atoms. The van der Waals surface area contributed by atoms with Crippen molar-refractivity contribution < 1.29 is 9.59 Å². The fourth-order valence-electron chi connectivity index (χ4n) is 2.44. The monoisotopic (exact) mass is 289 g/mol. The molecule has 1 aliphatic rings. The average Bonchev–Trinajstić information content (AvgIpc) is 2.79. The molecule has 1 aromatic rings. The highest BCUT2D eigenvalue weighted by atomic mass is 16.2. The molecule has 0 aromatic heterocycles. The highest BCUT2D eigenvalue weighted by Crippen LogP contribution is 2.27. The molecule has 0 aliphatic carbocycles. The lowest BCUT2D eigenvalue weighted by Crippen LogP contribution is -2.53. The van der Waals surface area contributed by atoms with Gasteiger partial charge in [-0.15, -0.1) is 0 Å². The fraction of sp³-hybridized carbons (Fsp3) is 0.500. The van der Waals surface area contributed by atoms with Gasteiger partial charge in [0.15, 0.2) is 0 Å². The Hall–Kier alpha value is -2.04. The minimum Gasteiger partial charge on any atom is -0.334 e. The quantitative estimate of drug-likeness (QED) is 0.875. The fourth-order valence-corrected chi connectivity index (χ4v) is 2.44. The Kier molecular flexibility index (Phi) is 4.21. The third-order valence-corrected chi connectivity index (χ3v) is 3.36. The van der Waals surface area contributed by atoms with Crippen molar-refractivity contribution in [3.05, 3.63) is 29.8 Å². The van der Waals surface area contributed by atoms with Crippen LogP contribution in [0.25, 0.3) is 0 Å². The van der Waals surface area contributed by atoms with Crippen LogP contribution in [-0.4, -0.2) is 30.1 Å². The number of carbonyl (C=O) groups excluding carboxylic acids is 2. The van der Waals surface area contributed by atoms with Crippen molar-refractivity contribution in [2.45, 2.75) is 45.7 Å². The van der Waals surface area contributed by atoms with E-state index in [1.165, 1.54) is 5.56 Å². The van der Waals surface area contributed by atoms with E-state index in [1.54, 1.807) is 11.8 Å². The zero-order chi connectivity index (χ0) is 15.6. The number of rotatable bonds is 2. The van der Waals surface area contributed by atoms with E-state index in [4.69, 9.17) is 0 Å². The predicted octanol–water partition coefficient (Wildman–Crippen LogP) is 2.06. The van der Waals surface area contributed by atoms with Crippen molar-refractivity contribution >= 4 is 17.6 Å². The maximum atomic E-state index is 12.5. The van der Waals surface area contributed by atoms with Gasteiger partial charge in [0.1, 0.15) is 6.04 Å². The zero-order valence-corrected chi connectivity index (χ0v) is 13.1. The number of para-hydroxylation sites is 1. The van der Waals surface area contributed by atoms with Crippen LogP contribution >= 0.6 is 0 Å². The second-order valence-electron chi connectivity index (χ2n) is 6.44. The average molecular weight is 289 g/mol. The van der Waals surface area contributed by atoms with Gasteiger partial charge < -0.3 is 15.5 Å². The second kappa shape index (κ2) is 5.76. The predicted molar refractivity (Wildman–Crippen MR) is 83.4 cm³/mol. The van der Waals surface area contributed by atoms with E-state index in [9.17, 15) is 9.59 Å². The topological polar surface area (TPSA) is 61.4 Å². The number of urea groups is 1. The molecule has 1 aromatic carbocycles. The maximum Gasteiger partial charge on any atom is 0.315 e. The summed E-state index contributed by atoms with van der Waals surface area (Å²) in [5.74, 6) is -0.0796. The SMILES string of the molecule is CC(NC(=O)NC(C)(C)C)C(=O)N1CCc2ccccc21. The Morgan fingerprint density at radius 3 is 2.57 bits per heavy atom. The smallest absolute Gasteiger partial charge is 0.315 e. The maximum absolute atomic E-state index is 12.5. The van der Waals surface area contributed by atoms with Gasteiger partial charge in [-0.3, -0.25) is 4.79 Å². The van der Waals surface area contributed by atoms with Gasteiger partial charge in [-0.2, -0.15) is 0 Å². The van der Waals surface area contributed by atoms with Gasteiger partial charge in [0.2, 0.25) is 5.91 Å². The highest BCUT2D eigenvalue weighted by molar-refractivity contribution is 6.00. The number of fused-ring (bicyclic) bond motifs is 1. The van der Waals surface area contributed by atoms with Crippen LogP contribution in [0.1, 0.15) is 33.3 Å². The number of carbonyl (C=O) groups is 2. The Bertz CT molecular complexity index is 549. The minimum absolute atomic E-state index is 0.0796. The molecule has 0 bridgehead atoms. The lowest BCUT2D eigenvalue weighted by Gasteiger charge is -2.25. The van der Waals surface area contributed by atoms with Crippen molar-refractivity contribution in [3.8, 4) is 0 Å². The molecule has 0 saturated heterocycles. The molecule has 1 atom stereocenters. The summed E-state index contributed by atoms with van der Waals surface area (Å²) in [5.41, 5.74) is 1.80. The lowest BCUT2D eigenvalue weighted by molar-refractivity contribution is -0.119. The molecule has 0 spiro atoms. The Labute approximate surface area is 125 Å². The van der Waals surface area contributed by atoms with Gasteiger partial charge in [-0.25, -0.2) is 4.79 Å². The molecule has 0 radical (unpaired) electrons. The van der Waals surface area contributed by atoms with Crippen LogP contribution in [0.5, 0.6) is 0 Å².